The molecule has 0 unspecified atom stereocenters. The molecule has 0 radical (unpaired) electrons. The van der Waals surface area contributed by atoms with Gasteiger partial charge in [0.25, 0.3) is 0 Å². The van der Waals surface area contributed by atoms with E-state index in [1.165, 1.54) is 0 Å². The summed E-state index contributed by atoms with van der Waals surface area (Å²) in [4.78, 5) is 21.8. The molecule has 2 aromatic carbocycles. The summed E-state index contributed by atoms with van der Waals surface area (Å²) in [6, 6.07) is 23.7. The van der Waals surface area contributed by atoms with Crippen LogP contribution in [0.1, 0.15) is 34.3 Å². The van der Waals surface area contributed by atoms with E-state index >= 15 is 0 Å². The Balaban J connectivity index is 1.84. The van der Waals surface area contributed by atoms with Crippen molar-refractivity contribution in [2.24, 2.45) is 10.9 Å². The van der Waals surface area contributed by atoms with Gasteiger partial charge in [0.2, 0.25) is 0 Å². The number of ketones is 1. The standard InChI is InChI=1S/C22H18N2O/c25-21(18-13-14-18)19-12-7-15-23-22(19)24-20(16-8-3-1-4-9-16)17-10-5-2-6-11-17/h1-12,15,18H,13-14H2. The van der Waals surface area contributed by atoms with Gasteiger partial charge in [0.05, 0.1) is 11.3 Å². The topological polar surface area (TPSA) is 42.3 Å². The first-order valence-corrected chi connectivity index (χ1v) is 8.52. The van der Waals surface area contributed by atoms with Crippen LogP contribution >= 0.6 is 0 Å². The zero-order valence-electron chi connectivity index (χ0n) is 13.8. The highest BCUT2D eigenvalue weighted by Crippen LogP contribution is 2.35. The number of Topliss-reactive ketones (excluding diaryl/α,β-unsaturated/α-hetero) is 1. The van der Waals surface area contributed by atoms with E-state index in [1.54, 1.807) is 12.3 Å². The van der Waals surface area contributed by atoms with Gasteiger partial charge in [-0.15, -0.1) is 0 Å². The second kappa shape index (κ2) is 6.81. The number of aromatic nitrogens is 1. The zero-order chi connectivity index (χ0) is 17.1. The van der Waals surface area contributed by atoms with Crippen LogP contribution in [0, 0.1) is 5.92 Å². The lowest BCUT2D eigenvalue weighted by Gasteiger charge is -2.09. The van der Waals surface area contributed by atoms with Gasteiger partial charge in [0, 0.05) is 23.2 Å². The number of benzene rings is 2. The van der Waals surface area contributed by atoms with Gasteiger partial charge in [-0.1, -0.05) is 60.7 Å². The lowest BCUT2D eigenvalue weighted by Crippen LogP contribution is -2.06. The van der Waals surface area contributed by atoms with Gasteiger partial charge < -0.3 is 0 Å². The highest BCUT2D eigenvalue weighted by atomic mass is 16.1. The molecule has 1 aliphatic carbocycles. The van der Waals surface area contributed by atoms with Crippen molar-refractivity contribution >= 4 is 17.3 Å². The van der Waals surface area contributed by atoms with Crippen molar-refractivity contribution < 1.29 is 4.79 Å². The Morgan fingerprint density at radius 2 is 1.44 bits per heavy atom. The summed E-state index contributed by atoms with van der Waals surface area (Å²) in [5.74, 6) is 0.810. The van der Waals surface area contributed by atoms with Crippen molar-refractivity contribution in [1.29, 1.82) is 0 Å². The Labute approximate surface area is 147 Å². The molecule has 1 fully saturated rings. The quantitative estimate of drug-likeness (QED) is 0.497. The van der Waals surface area contributed by atoms with Crippen molar-refractivity contribution in [2.45, 2.75) is 12.8 Å². The smallest absolute Gasteiger partial charge is 0.169 e. The van der Waals surface area contributed by atoms with Crippen molar-refractivity contribution in [2.75, 3.05) is 0 Å². The Bertz CT molecular complexity index is 872. The number of pyridine rings is 1. The summed E-state index contributed by atoms with van der Waals surface area (Å²) in [7, 11) is 0. The van der Waals surface area contributed by atoms with Gasteiger partial charge in [-0.3, -0.25) is 4.79 Å². The van der Waals surface area contributed by atoms with Gasteiger partial charge in [-0.05, 0) is 25.0 Å². The molecular weight excluding hydrogens is 308 g/mol. The first kappa shape index (κ1) is 15.5. The fourth-order valence-electron chi connectivity index (χ4n) is 2.84. The molecule has 122 valence electrons. The van der Waals surface area contributed by atoms with Crippen LogP contribution in [0.4, 0.5) is 5.82 Å². The highest BCUT2D eigenvalue weighted by molar-refractivity contribution is 6.14. The third-order valence-electron chi connectivity index (χ3n) is 4.31. The molecule has 0 amide bonds. The first-order valence-electron chi connectivity index (χ1n) is 8.52. The summed E-state index contributed by atoms with van der Waals surface area (Å²) in [6.07, 6.45) is 3.64. The SMILES string of the molecule is O=C(c1cccnc1N=C(c1ccccc1)c1ccccc1)C1CC1. The fourth-order valence-corrected chi connectivity index (χ4v) is 2.84. The summed E-state index contributed by atoms with van der Waals surface area (Å²) >= 11 is 0. The Kier molecular flexibility index (Phi) is 4.21. The molecule has 3 heteroatoms. The average Bonchev–Trinajstić information content (AvgIpc) is 3.52. The molecule has 25 heavy (non-hydrogen) atoms. The summed E-state index contributed by atoms with van der Waals surface area (Å²) in [5, 5.41) is 0. The number of carbonyl (C=O) groups excluding carboxylic acids is 1. The van der Waals surface area contributed by atoms with Crippen LogP contribution in [0.2, 0.25) is 0 Å². The number of nitrogens with zero attached hydrogens (tertiary/aromatic N) is 2. The molecule has 1 saturated carbocycles. The van der Waals surface area contributed by atoms with Gasteiger partial charge in [0.1, 0.15) is 0 Å². The third-order valence-corrected chi connectivity index (χ3v) is 4.31. The van der Waals surface area contributed by atoms with Crippen LogP contribution in [0.25, 0.3) is 0 Å². The van der Waals surface area contributed by atoms with Gasteiger partial charge in [-0.25, -0.2) is 9.98 Å². The molecule has 0 aliphatic heterocycles. The van der Waals surface area contributed by atoms with Crippen LogP contribution in [0.3, 0.4) is 0 Å². The summed E-state index contributed by atoms with van der Waals surface area (Å²) in [5.41, 5.74) is 3.45. The number of aliphatic imine (C=N–C) groups is 1. The molecule has 1 aromatic heterocycles. The van der Waals surface area contributed by atoms with Crippen molar-refractivity contribution in [3.8, 4) is 0 Å². The third kappa shape index (κ3) is 3.41. The van der Waals surface area contributed by atoms with Crippen LogP contribution < -0.4 is 0 Å². The maximum Gasteiger partial charge on any atom is 0.169 e. The molecule has 0 N–H and O–H groups in total. The van der Waals surface area contributed by atoms with Crippen LogP contribution in [0.15, 0.2) is 84.0 Å². The Morgan fingerprint density at radius 3 is 2.00 bits per heavy atom. The Morgan fingerprint density at radius 1 is 0.840 bits per heavy atom. The van der Waals surface area contributed by atoms with E-state index in [2.05, 4.69) is 4.98 Å². The molecular formula is C22H18N2O. The molecule has 0 saturated heterocycles. The van der Waals surface area contributed by atoms with E-state index in [1.807, 2.05) is 66.7 Å². The van der Waals surface area contributed by atoms with Crippen LogP contribution in [-0.4, -0.2) is 16.5 Å². The molecule has 3 nitrogen and oxygen atoms in total. The predicted octanol–water partition coefficient (Wildman–Crippen LogP) is 4.84. The number of carbonyl (C=O) groups is 1. The molecule has 0 atom stereocenters. The van der Waals surface area contributed by atoms with Gasteiger partial charge in [0.15, 0.2) is 11.6 Å². The molecule has 0 spiro atoms. The number of rotatable bonds is 5. The average molecular weight is 326 g/mol. The van der Waals surface area contributed by atoms with E-state index in [0.29, 0.717) is 11.4 Å². The minimum Gasteiger partial charge on any atom is -0.294 e. The summed E-state index contributed by atoms with van der Waals surface area (Å²) in [6.45, 7) is 0. The first-order chi connectivity index (χ1) is 12.3. The lowest BCUT2D eigenvalue weighted by molar-refractivity contribution is 0.0968. The fraction of sp³-hybridized carbons (Fsp3) is 0.136. The second-order valence-electron chi connectivity index (χ2n) is 6.21. The van der Waals surface area contributed by atoms with Crippen molar-refractivity contribution in [1.82, 2.24) is 4.98 Å². The van der Waals surface area contributed by atoms with E-state index in [4.69, 9.17) is 4.99 Å². The molecule has 1 heterocycles. The molecule has 1 aliphatic rings. The van der Waals surface area contributed by atoms with E-state index in [-0.39, 0.29) is 11.7 Å². The molecule has 0 bridgehead atoms. The van der Waals surface area contributed by atoms with Crippen LogP contribution in [0.5, 0.6) is 0 Å². The molecule has 3 aromatic rings. The normalized spacial score (nSPS) is 13.3. The molecule has 4 rings (SSSR count). The zero-order valence-corrected chi connectivity index (χ0v) is 13.8. The predicted molar refractivity (Wildman–Crippen MR) is 99.5 cm³/mol. The maximum atomic E-state index is 12.6. The van der Waals surface area contributed by atoms with Crippen molar-refractivity contribution in [3.63, 3.8) is 0 Å². The minimum absolute atomic E-state index is 0.148. The van der Waals surface area contributed by atoms with E-state index in [9.17, 15) is 4.79 Å². The Hall–Kier alpha value is -3.07. The van der Waals surface area contributed by atoms with Crippen LogP contribution in [-0.2, 0) is 0 Å². The van der Waals surface area contributed by atoms with E-state index < -0.39 is 0 Å². The minimum atomic E-state index is 0.148. The maximum absolute atomic E-state index is 12.6. The number of hydrogen-bond acceptors (Lipinski definition) is 3. The largest absolute Gasteiger partial charge is 0.294 e. The van der Waals surface area contributed by atoms with E-state index in [0.717, 1.165) is 29.7 Å². The lowest BCUT2D eigenvalue weighted by atomic mass is 10.0. The van der Waals surface area contributed by atoms with Gasteiger partial charge >= 0.3 is 0 Å². The summed E-state index contributed by atoms with van der Waals surface area (Å²) < 4.78 is 0. The second-order valence-corrected chi connectivity index (χ2v) is 6.21. The number of hydrogen-bond donors (Lipinski definition) is 0. The highest BCUT2D eigenvalue weighted by Gasteiger charge is 2.32. The van der Waals surface area contributed by atoms with Gasteiger partial charge in [-0.2, -0.15) is 0 Å². The monoisotopic (exact) mass is 326 g/mol. The van der Waals surface area contributed by atoms with Crippen molar-refractivity contribution in [3.05, 3.63) is 95.7 Å².